The zero-order chi connectivity index (χ0) is 13.8. The molecule has 0 aliphatic heterocycles. The molecule has 0 saturated carbocycles. The minimum Gasteiger partial charge on any atom is -0.457 e. The third-order valence-corrected chi connectivity index (χ3v) is 3.29. The molecule has 3 nitrogen and oxygen atoms in total. The maximum atomic E-state index is 11.9. The summed E-state index contributed by atoms with van der Waals surface area (Å²) < 4.78 is 6.14. The molecule has 0 unspecified atom stereocenters. The predicted molar refractivity (Wildman–Crippen MR) is 79.1 cm³/mol. The van der Waals surface area contributed by atoms with Crippen LogP contribution in [0.1, 0.15) is 15.9 Å². The van der Waals surface area contributed by atoms with Gasteiger partial charge in [0.15, 0.2) is 0 Å². The predicted octanol–water partition coefficient (Wildman–Crippen LogP) is 4.04. The van der Waals surface area contributed by atoms with Gasteiger partial charge in [-0.05, 0) is 35.9 Å². The van der Waals surface area contributed by atoms with Gasteiger partial charge in [-0.2, -0.15) is 0 Å². The van der Waals surface area contributed by atoms with Crippen molar-refractivity contribution in [3.8, 4) is 0 Å². The molecule has 0 atom stereocenters. The van der Waals surface area contributed by atoms with Gasteiger partial charge >= 0.3 is 5.97 Å². The van der Waals surface area contributed by atoms with Crippen LogP contribution in [0.4, 0.5) is 5.69 Å². The number of esters is 1. The van der Waals surface area contributed by atoms with Crippen LogP contribution in [-0.4, -0.2) is 5.97 Å². The topological polar surface area (TPSA) is 52.3 Å². The first-order valence-corrected chi connectivity index (χ1v) is 6.70. The van der Waals surface area contributed by atoms with Gasteiger partial charge in [0.1, 0.15) is 6.61 Å². The third kappa shape index (κ3) is 3.72. The van der Waals surface area contributed by atoms with Gasteiger partial charge in [-0.15, -0.1) is 0 Å². The Kier molecular flexibility index (Phi) is 4.45. The highest BCUT2D eigenvalue weighted by Gasteiger charge is 2.12. The van der Waals surface area contributed by atoms with E-state index in [4.69, 9.17) is 22.1 Å². The van der Waals surface area contributed by atoms with Crippen molar-refractivity contribution in [3.63, 3.8) is 0 Å². The molecule has 2 aromatic rings. The van der Waals surface area contributed by atoms with Crippen LogP contribution in [0.15, 0.2) is 46.9 Å². The first-order valence-electron chi connectivity index (χ1n) is 5.53. The fraction of sp³-hybridized carbons (Fsp3) is 0.0714. The molecule has 2 aromatic carbocycles. The number of ether oxygens (including phenoxy) is 1. The van der Waals surface area contributed by atoms with Crippen LogP contribution < -0.4 is 5.73 Å². The van der Waals surface area contributed by atoms with E-state index in [1.165, 1.54) is 6.07 Å². The average molecular weight is 341 g/mol. The molecule has 2 rings (SSSR count). The van der Waals surface area contributed by atoms with E-state index >= 15 is 0 Å². The van der Waals surface area contributed by atoms with E-state index in [0.717, 1.165) is 10.0 Å². The summed E-state index contributed by atoms with van der Waals surface area (Å²) in [6.45, 7) is 0.184. The molecular formula is C14H11BrClNO2. The minimum atomic E-state index is -0.489. The average Bonchev–Trinajstić information content (AvgIpc) is 2.39. The molecule has 19 heavy (non-hydrogen) atoms. The van der Waals surface area contributed by atoms with E-state index in [2.05, 4.69) is 15.9 Å². The summed E-state index contributed by atoms with van der Waals surface area (Å²) in [6.07, 6.45) is 0. The standard InChI is InChI=1S/C14H11BrClNO2/c15-10-3-1-2-9(6-10)8-19-14(18)12-7-11(17)4-5-13(12)16/h1-7H,8,17H2. The van der Waals surface area contributed by atoms with E-state index in [0.29, 0.717) is 10.7 Å². The number of benzene rings is 2. The molecule has 0 bridgehead atoms. The summed E-state index contributed by atoms with van der Waals surface area (Å²) >= 11 is 9.29. The van der Waals surface area contributed by atoms with Crippen molar-refractivity contribution >= 4 is 39.2 Å². The van der Waals surface area contributed by atoms with Gasteiger partial charge in [0.25, 0.3) is 0 Å². The van der Waals surface area contributed by atoms with E-state index in [9.17, 15) is 4.79 Å². The second-order valence-corrected chi connectivity index (χ2v) is 5.27. The molecule has 0 aliphatic carbocycles. The molecule has 0 spiro atoms. The summed E-state index contributed by atoms with van der Waals surface area (Å²) in [5, 5.41) is 0.327. The Bertz CT molecular complexity index is 616. The lowest BCUT2D eigenvalue weighted by molar-refractivity contribution is 0.0473. The lowest BCUT2D eigenvalue weighted by atomic mass is 10.2. The summed E-state index contributed by atoms with van der Waals surface area (Å²) in [5.41, 5.74) is 7.26. The van der Waals surface area contributed by atoms with E-state index < -0.39 is 5.97 Å². The molecule has 2 N–H and O–H groups in total. The first-order chi connectivity index (χ1) is 9.06. The van der Waals surface area contributed by atoms with Crippen molar-refractivity contribution in [1.29, 1.82) is 0 Å². The van der Waals surface area contributed by atoms with E-state index in [1.54, 1.807) is 12.1 Å². The van der Waals surface area contributed by atoms with Crippen molar-refractivity contribution in [1.82, 2.24) is 0 Å². The molecule has 0 radical (unpaired) electrons. The second-order valence-electron chi connectivity index (χ2n) is 3.95. The van der Waals surface area contributed by atoms with Gasteiger partial charge in [0.05, 0.1) is 10.6 Å². The van der Waals surface area contributed by atoms with Gasteiger partial charge in [0.2, 0.25) is 0 Å². The van der Waals surface area contributed by atoms with Gasteiger partial charge in [0, 0.05) is 10.2 Å². The summed E-state index contributed by atoms with van der Waals surface area (Å²) in [6, 6.07) is 12.2. The Hall–Kier alpha value is -1.52. The van der Waals surface area contributed by atoms with E-state index in [-0.39, 0.29) is 12.2 Å². The maximum Gasteiger partial charge on any atom is 0.340 e. The molecule has 0 saturated heterocycles. The van der Waals surface area contributed by atoms with Gasteiger partial charge in [-0.1, -0.05) is 39.7 Å². The van der Waals surface area contributed by atoms with Crippen molar-refractivity contribution in [2.75, 3.05) is 5.73 Å². The number of hydrogen-bond donors (Lipinski definition) is 1. The molecule has 0 aliphatic rings. The van der Waals surface area contributed by atoms with Crippen LogP contribution >= 0.6 is 27.5 Å². The summed E-state index contributed by atoms with van der Waals surface area (Å²) in [7, 11) is 0. The van der Waals surface area contributed by atoms with E-state index in [1.807, 2.05) is 24.3 Å². The quantitative estimate of drug-likeness (QED) is 0.677. The lowest BCUT2D eigenvalue weighted by Crippen LogP contribution is -2.06. The number of hydrogen-bond acceptors (Lipinski definition) is 3. The van der Waals surface area contributed by atoms with Crippen molar-refractivity contribution in [3.05, 3.63) is 63.1 Å². The van der Waals surface area contributed by atoms with Gasteiger partial charge in [-0.25, -0.2) is 4.79 Å². The highest BCUT2D eigenvalue weighted by molar-refractivity contribution is 9.10. The normalized spacial score (nSPS) is 10.2. The molecule has 5 heteroatoms. The van der Waals surface area contributed by atoms with Crippen LogP contribution in [0, 0.1) is 0 Å². The molecule has 0 heterocycles. The number of anilines is 1. The maximum absolute atomic E-state index is 11.9. The number of carbonyl (C=O) groups excluding carboxylic acids is 1. The Morgan fingerprint density at radius 3 is 2.79 bits per heavy atom. The molecule has 0 fully saturated rings. The third-order valence-electron chi connectivity index (χ3n) is 2.47. The molecular weight excluding hydrogens is 330 g/mol. The second kappa shape index (κ2) is 6.08. The fourth-order valence-corrected chi connectivity index (χ4v) is 2.19. The van der Waals surface area contributed by atoms with Crippen LogP contribution in [0.5, 0.6) is 0 Å². The zero-order valence-corrected chi connectivity index (χ0v) is 12.2. The van der Waals surface area contributed by atoms with Crippen LogP contribution in [0.3, 0.4) is 0 Å². The highest BCUT2D eigenvalue weighted by Crippen LogP contribution is 2.20. The largest absolute Gasteiger partial charge is 0.457 e. The van der Waals surface area contributed by atoms with Gasteiger partial charge in [-0.3, -0.25) is 0 Å². The number of rotatable bonds is 3. The Labute approximate surface area is 124 Å². The fourth-order valence-electron chi connectivity index (χ4n) is 1.55. The SMILES string of the molecule is Nc1ccc(Cl)c(C(=O)OCc2cccc(Br)c2)c1. The number of carbonyl (C=O) groups is 1. The van der Waals surface area contributed by atoms with Crippen molar-refractivity contribution in [2.45, 2.75) is 6.61 Å². The van der Waals surface area contributed by atoms with Crippen LogP contribution in [0.2, 0.25) is 5.02 Å². The summed E-state index contributed by atoms with van der Waals surface area (Å²) in [5.74, 6) is -0.489. The Morgan fingerprint density at radius 1 is 1.26 bits per heavy atom. The van der Waals surface area contributed by atoms with Crippen molar-refractivity contribution < 1.29 is 9.53 Å². The lowest BCUT2D eigenvalue weighted by Gasteiger charge is -2.07. The number of nitrogen functional groups attached to an aromatic ring is 1. The number of nitrogens with two attached hydrogens (primary N) is 1. The molecule has 98 valence electrons. The van der Waals surface area contributed by atoms with Crippen molar-refractivity contribution in [2.24, 2.45) is 0 Å². The highest BCUT2D eigenvalue weighted by atomic mass is 79.9. The van der Waals surface area contributed by atoms with Gasteiger partial charge < -0.3 is 10.5 Å². The number of halogens is 2. The molecule has 0 amide bonds. The van der Waals surface area contributed by atoms with Crippen LogP contribution in [-0.2, 0) is 11.3 Å². The smallest absolute Gasteiger partial charge is 0.340 e. The summed E-state index contributed by atoms with van der Waals surface area (Å²) in [4.78, 5) is 11.9. The zero-order valence-electron chi connectivity index (χ0n) is 9.90. The monoisotopic (exact) mass is 339 g/mol. The first kappa shape index (κ1) is 13.9. The molecule has 0 aromatic heterocycles. The Balaban J connectivity index is 2.07. The minimum absolute atomic E-state index is 0.184. The Morgan fingerprint density at radius 2 is 2.05 bits per heavy atom. The van der Waals surface area contributed by atoms with Crippen LogP contribution in [0.25, 0.3) is 0 Å².